The zero-order valence-electron chi connectivity index (χ0n) is 15.7. The minimum absolute atomic E-state index is 0.227. The average Bonchev–Trinajstić information content (AvgIpc) is 2.58. The molecule has 0 saturated heterocycles. The van der Waals surface area contributed by atoms with Crippen molar-refractivity contribution in [1.29, 1.82) is 0 Å². The predicted molar refractivity (Wildman–Crippen MR) is 99.2 cm³/mol. The van der Waals surface area contributed by atoms with Gasteiger partial charge in [0.15, 0.2) is 0 Å². The van der Waals surface area contributed by atoms with Gasteiger partial charge >= 0.3 is 6.09 Å². The number of amides is 2. The summed E-state index contributed by atoms with van der Waals surface area (Å²) in [6.45, 7) is 6.88. The molecule has 0 spiro atoms. The molecular weight excluding hydrogens is 318 g/mol. The lowest BCUT2D eigenvalue weighted by Gasteiger charge is -2.29. The fourth-order valence-electron chi connectivity index (χ4n) is 2.42. The first-order chi connectivity index (χ1) is 11.8. The number of ether oxygens (including phenoxy) is 1. The SMILES string of the molecule is COC(=O)N[C@H](C(=O)NCNCCCCc1ccccc1)C(C)(C)C. The summed E-state index contributed by atoms with van der Waals surface area (Å²) in [5, 5.41) is 8.59. The van der Waals surface area contributed by atoms with E-state index in [0.29, 0.717) is 6.67 Å². The normalized spacial score (nSPS) is 12.3. The maximum Gasteiger partial charge on any atom is 0.407 e. The second-order valence-electron chi connectivity index (χ2n) is 7.10. The first-order valence-corrected chi connectivity index (χ1v) is 8.71. The third-order valence-electron chi connectivity index (χ3n) is 3.88. The summed E-state index contributed by atoms with van der Waals surface area (Å²) in [4.78, 5) is 23.7. The molecule has 0 radical (unpaired) electrons. The first-order valence-electron chi connectivity index (χ1n) is 8.71. The Bertz CT molecular complexity index is 526. The largest absolute Gasteiger partial charge is 0.453 e. The van der Waals surface area contributed by atoms with Gasteiger partial charge < -0.3 is 15.4 Å². The second kappa shape index (κ2) is 10.7. The van der Waals surface area contributed by atoms with Crippen LogP contribution in [0.5, 0.6) is 0 Å². The highest BCUT2D eigenvalue weighted by Gasteiger charge is 2.32. The topological polar surface area (TPSA) is 79.5 Å². The van der Waals surface area contributed by atoms with Crippen molar-refractivity contribution in [3.05, 3.63) is 35.9 Å². The van der Waals surface area contributed by atoms with Crippen LogP contribution in [-0.4, -0.2) is 38.4 Å². The zero-order chi connectivity index (χ0) is 18.7. The van der Waals surface area contributed by atoms with Crippen molar-refractivity contribution in [3.8, 4) is 0 Å². The summed E-state index contributed by atoms with van der Waals surface area (Å²) in [5.41, 5.74) is 0.936. The molecule has 2 amide bonds. The minimum atomic E-state index is -0.653. The molecule has 0 aliphatic rings. The van der Waals surface area contributed by atoms with Gasteiger partial charge in [-0.1, -0.05) is 51.1 Å². The number of carbonyl (C=O) groups excluding carboxylic acids is 2. The van der Waals surface area contributed by atoms with E-state index in [4.69, 9.17) is 0 Å². The lowest BCUT2D eigenvalue weighted by Crippen LogP contribution is -2.54. The Morgan fingerprint density at radius 3 is 2.40 bits per heavy atom. The number of carbonyl (C=O) groups is 2. The van der Waals surface area contributed by atoms with Gasteiger partial charge in [-0.3, -0.25) is 10.1 Å². The summed E-state index contributed by atoms with van der Waals surface area (Å²) in [6.07, 6.45) is 2.58. The third kappa shape index (κ3) is 8.54. The van der Waals surface area contributed by atoms with Gasteiger partial charge in [0, 0.05) is 0 Å². The fraction of sp³-hybridized carbons (Fsp3) is 0.579. The lowest BCUT2D eigenvalue weighted by molar-refractivity contribution is -0.125. The second-order valence-corrected chi connectivity index (χ2v) is 7.10. The molecule has 0 aromatic heterocycles. The highest BCUT2D eigenvalue weighted by atomic mass is 16.5. The molecule has 140 valence electrons. The molecule has 0 aliphatic carbocycles. The van der Waals surface area contributed by atoms with E-state index in [-0.39, 0.29) is 5.91 Å². The summed E-state index contributed by atoms with van der Waals surface area (Å²) >= 11 is 0. The molecule has 1 aromatic carbocycles. The number of rotatable bonds is 9. The van der Waals surface area contributed by atoms with Crippen molar-refractivity contribution in [1.82, 2.24) is 16.0 Å². The van der Waals surface area contributed by atoms with Gasteiger partial charge in [0.1, 0.15) is 6.04 Å². The van der Waals surface area contributed by atoms with Crippen LogP contribution in [0.2, 0.25) is 0 Å². The van der Waals surface area contributed by atoms with E-state index in [9.17, 15) is 9.59 Å². The quantitative estimate of drug-likeness (QED) is 0.473. The Kier molecular flexibility index (Phi) is 8.99. The molecule has 0 heterocycles. The molecule has 3 N–H and O–H groups in total. The fourth-order valence-corrected chi connectivity index (χ4v) is 2.42. The standard InChI is InChI=1S/C19H31N3O3/c1-19(2,3)16(22-18(24)25-4)17(23)21-14-20-13-9-8-12-15-10-6-5-7-11-15/h5-7,10-11,16,20H,8-9,12-14H2,1-4H3,(H,21,23)(H,22,24)/t16-/m1/s1. The van der Waals surface area contributed by atoms with Gasteiger partial charge in [0.05, 0.1) is 13.8 Å². The predicted octanol–water partition coefficient (Wildman–Crippen LogP) is 2.44. The molecule has 0 unspecified atom stereocenters. The van der Waals surface area contributed by atoms with Crippen molar-refractivity contribution in [3.63, 3.8) is 0 Å². The van der Waals surface area contributed by atoms with Gasteiger partial charge in [-0.05, 0) is 36.8 Å². The molecule has 0 bridgehead atoms. The molecular formula is C19H31N3O3. The maximum atomic E-state index is 12.3. The highest BCUT2D eigenvalue weighted by molar-refractivity contribution is 5.86. The van der Waals surface area contributed by atoms with Gasteiger partial charge in [-0.25, -0.2) is 4.79 Å². The van der Waals surface area contributed by atoms with Crippen molar-refractivity contribution < 1.29 is 14.3 Å². The Morgan fingerprint density at radius 1 is 1.12 bits per heavy atom. The highest BCUT2D eigenvalue weighted by Crippen LogP contribution is 2.19. The Labute approximate surface area is 150 Å². The first kappa shape index (κ1) is 21.0. The van der Waals surface area contributed by atoms with Crippen LogP contribution in [0.1, 0.15) is 39.2 Å². The van der Waals surface area contributed by atoms with E-state index in [1.165, 1.54) is 12.7 Å². The van der Waals surface area contributed by atoms with Crippen LogP contribution < -0.4 is 16.0 Å². The van der Waals surface area contributed by atoms with Crippen molar-refractivity contribution in [2.24, 2.45) is 5.41 Å². The van der Waals surface area contributed by atoms with Crippen LogP contribution in [0, 0.1) is 5.41 Å². The number of nitrogens with one attached hydrogen (secondary N) is 3. The molecule has 1 aromatic rings. The number of methoxy groups -OCH3 is 1. The molecule has 0 fully saturated rings. The Morgan fingerprint density at radius 2 is 1.80 bits per heavy atom. The van der Waals surface area contributed by atoms with E-state index in [2.05, 4.69) is 45.0 Å². The average molecular weight is 349 g/mol. The zero-order valence-corrected chi connectivity index (χ0v) is 15.7. The Hall–Kier alpha value is -2.08. The summed E-state index contributed by atoms with van der Waals surface area (Å²) in [7, 11) is 1.28. The monoisotopic (exact) mass is 349 g/mol. The number of hydrogen-bond acceptors (Lipinski definition) is 4. The number of benzene rings is 1. The Balaban J connectivity index is 2.22. The summed E-state index contributed by atoms with van der Waals surface area (Å²) in [6, 6.07) is 9.74. The van der Waals surface area contributed by atoms with Crippen LogP contribution in [0.15, 0.2) is 30.3 Å². The molecule has 1 rings (SSSR count). The van der Waals surface area contributed by atoms with Crippen LogP contribution in [0.3, 0.4) is 0 Å². The van der Waals surface area contributed by atoms with E-state index in [0.717, 1.165) is 25.8 Å². The smallest absolute Gasteiger partial charge is 0.407 e. The lowest BCUT2D eigenvalue weighted by atomic mass is 9.86. The number of alkyl carbamates (subject to hydrolysis) is 1. The molecule has 1 atom stereocenters. The molecule has 6 nitrogen and oxygen atoms in total. The van der Waals surface area contributed by atoms with Gasteiger partial charge in [0.2, 0.25) is 5.91 Å². The summed E-state index contributed by atoms with van der Waals surface area (Å²) < 4.78 is 4.59. The maximum absolute atomic E-state index is 12.3. The number of hydrogen-bond donors (Lipinski definition) is 3. The van der Waals surface area contributed by atoms with Crippen LogP contribution in [0.25, 0.3) is 0 Å². The van der Waals surface area contributed by atoms with E-state index < -0.39 is 17.6 Å². The van der Waals surface area contributed by atoms with Gasteiger partial charge in [0.25, 0.3) is 0 Å². The van der Waals surface area contributed by atoms with Crippen LogP contribution >= 0.6 is 0 Å². The molecule has 6 heteroatoms. The van der Waals surface area contributed by atoms with Crippen molar-refractivity contribution >= 4 is 12.0 Å². The van der Waals surface area contributed by atoms with Gasteiger partial charge in [-0.2, -0.15) is 0 Å². The summed E-state index contributed by atoms with van der Waals surface area (Å²) in [5.74, 6) is -0.227. The minimum Gasteiger partial charge on any atom is -0.453 e. The molecule has 0 saturated carbocycles. The van der Waals surface area contributed by atoms with Gasteiger partial charge in [-0.15, -0.1) is 0 Å². The van der Waals surface area contributed by atoms with Crippen LogP contribution in [0.4, 0.5) is 4.79 Å². The van der Waals surface area contributed by atoms with Crippen molar-refractivity contribution in [2.75, 3.05) is 20.3 Å². The number of unbranched alkanes of at least 4 members (excludes halogenated alkanes) is 1. The third-order valence-corrected chi connectivity index (χ3v) is 3.88. The van der Waals surface area contributed by atoms with E-state index in [1.54, 1.807) is 0 Å². The van der Waals surface area contributed by atoms with E-state index in [1.807, 2.05) is 26.8 Å². The van der Waals surface area contributed by atoms with Crippen LogP contribution in [-0.2, 0) is 16.0 Å². The van der Waals surface area contributed by atoms with E-state index >= 15 is 0 Å². The molecule has 25 heavy (non-hydrogen) atoms. The number of aryl methyl sites for hydroxylation is 1. The van der Waals surface area contributed by atoms with Crippen molar-refractivity contribution in [2.45, 2.75) is 46.1 Å². The molecule has 0 aliphatic heterocycles.